The van der Waals surface area contributed by atoms with Crippen LogP contribution in [0.5, 0.6) is 0 Å². The summed E-state index contributed by atoms with van der Waals surface area (Å²) in [5, 5.41) is 10.5. The first-order chi connectivity index (χ1) is 19.3. The Hall–Kier alpha value is -4.34. The van der Waals surface area contributed by atoms with Crippen molar-refractivity contribution in [3.05, 3.63) is 65.7 Å². The fourth-order valence-electron chi connectivity index (χ4n) is 5.49. The van der Waals surface area contributed by atoms with E-state index >= 15 is 0 Å². The molecule has 0 aliphatic heterocycles. The molecule has 1 amide bonds. The Morgan fingerprint density at radius 2 is 1.98 bits per heavy atom. The molecular formula is C30H33N8O2+. The molecule has 0 spiro atoms. The van der Waals surface area contributed by atoms with Gasteiger partial charge in [0.25, 0.3) is 0 Å². The van der Waals surface area contributed by atoms with Gasteiger partial charge in [-0.15, -0.1) is 4.68 Å². The number of carbonyl (C=O) groups is 1. The summed E-state index contributed by atoms with van der Waals surface area (Å²) in [6.07, 6.45) is 12.3. The fourth-order valence-corrected chi connectivity index (χ4v) is 5.49. The molecule has 1 aromatic carbocycles. The third-order valence-corrected chi connectivity index (χ3v) is 7.87. The van der Waals surface area contributed by atoms with E-state index in [2.05, 4.69) is 59.6 Å². The molecule has 0 bridgehead atoms. The number of rotatable bonds is 5. The first-order valence-electron chi connectivity index (χ1n) is 14.1. The fraction of sp³-hybridized carbons (Fsp3) is 0.400. The number of fused-ring (bicyclic) bond motifs is 2. The van der Waals surface area contributed by atoms with Crippen LogP contribution in [0.15, 0.2) is 47.4 Å². The Morgan fingerprint density at radius 3 is 2.77 bits per heavy atom. The van der Waals surface area contributed by atoms with E-state index in [-0.39, 0.29) is 23.3 Å². The van der Waals surface area contributed by atoms with E-state index in [1.54, 1.807) is 0 Å². The number of aromatic amines is 2. The van der Waals surface area contributed by atoms with Gasteiger partial charge in [0.1, 0.15) is 11.4 Å². The summed E-state index contributed by atoms with van der Waals surface area (Å²) >= 11 is 0. The topological polar surface area (TPSA) is 129 Å². The van der Waals surface area contributed by atoms with Crippen LogP contribution in [0.25, 0.3) is 33.7 Å². The highest BCUT2D eigenvalue weighted by Crippen LogP contribution is 2.35. The summed E-state index contributed by atoms with van der Waals surface area (Å²) in [7, 11) is 0. The third kappa shape index (κ3) is 4.57. The maximum atomic E-state index is 13.0. The van der Waals surface area contributed by atoms with Crippen molar-refractivity contribution in [1.29, 1.82) is 0 Å². The third-order valence-electron chi connectivity index (χ3n) is 7.87. The van der Waals surface area contributed by atoms with Crippen molar-refractivity contribution in [3.8, 4) is 22.5 Å². The van der Waals surface area contributed by atoms with Crippen LogP contribution in [0.4, 0.5) is 0 Å². The number of carbonyl (C=O) groups excluding carboxylic acids is 1. The van der Waals surface area contributed by atoms with Crippen LogP contribution in [0.1, 0.15) is 92.6 Å². The monoisotopic (exact) mass is 537 g/mol. The lowest BCUT2D eigenvalue weighted by Crippen LogP contribution is -2.32. The Balaban J connectivity index is 1.18. The van der Waals surface area contributed by atoms with E-state index in [1.165, 1.54) is 18.4 Å². The molecule has 0 saturated heterocycles. The number of hydrogen-bond acceptors (Lipinski definition) is 6. The zero-order valence-corrected chi connectivity index (χ0v) is 23.0. The summed E-state index contributed by atoms with van der Waals surface area (Å²) in [5.41, 5.74) is 6.88. The SMILES string of the molecule is CC(C)(C)c1noc(C(=O)NC2CCCCc3cc(-c4ccnc5nc(-c6c[nH][n+](C7CC7)c6)[nH]c45)ccc32)n1. The second-order valence-corrected chi connectivity index (χ2v) is 12.0. The van der Waals surface area contributed by atoms with Crippen molar-refractivity contribution < 1.29 is 14.0 Å². The van der Waals surface area contributed by atoms with Gasteiger partial charge < -0.3 is 14.8 Å². The predicted octanol–water partition coefficient (Wildman–Crippen LogP) is 5.12. The number of nitrogens with zero attached hydrogens (tertiary/aromatic N) is 5. The minimum absolute atomic E-state index is 0.00615. The number of hydrogen-bond donors (Lipinski definition) is 3. The number of aromatic nitrogens is 7. The molecular weight excluding hydrogens is 504 g/mol. The van der Waals surface area contributed by atoms with Crippen molar-refractivity contribution in [2.45, 2.75) is 76.8 Å². The van der Waals surface area contributed by atoms with Gasteiger partial charge in [-0.2, -0.15) is 10.1 Å². The second kappa shape index (κ2) is 9.39. The molecule has 4 heterocycles. The van der Waals surface area contributed by atoms with E-state index < -0.39 is 0 Å². The van der Waals surface area contributed by atoms with E-state index in [9.17, 15) is 4.79 Å². The predicted molar refractivity (Wildman–Crippen MR) is 148 cm³/mol. The second-order valence-electron chi connectivity index (χ2n) is 12.0. The highest BCUT2D eigenvalue weighted by Gasteiger charge is 2.33. The van der Waals surface area contributed by atoms with Crippen molar-refractivity contribution in [1.82, 2.24) is 35.5 Å². The average Bonchev–Trinajstić information content (AvgIpc) is 3.33. The molecule has 7 rings (SSSR count). The van der Waals surface area contributed by atoms with Gasteiger partial charge >= 0.3 is 11.8 Å². The molecule has 0 radical (unpaired) electrons. The van der Waals surface area contributed by atoms with Crippen LogP contribution in [0.3, 0.4) is 0 Å². The van der Waals surface area contributed by atoms with Gasteiger partial charge in [0.05, 0.1) is 17.8 Å². The van der Waals surface area contributed by atoms with E-state index in [1.807, 2.05) is 39.2 Å². The summed E-state index contributed by atoms with van der Waals surface area (Å²) in [6, 6.07) is 9.01. The minimum Gasteiger partial charge on any atom is -0.341 e. The first kappa shape index (κ1) is 24.7. The van der Waals surface area contributed by atoms with Gasteiger partial charge in [0.2, 0.25) is 6.20 Å². The Kier molecular flexibility index (Phi) is 5.80. The lowest BCUT2D eigenvalue weighted by atomic mass is 9.94. The summed E-state index contributed by atoms with van der Waals surface area (Å²) in [6.45, 7) is 5.97. The molecule has 40 heavy (non-hydrogen) atoms. The standard InChI is InChI=1S/C30H32N8O2/c1-30(2,3)29-36-28(40-37-29)27(39)33-23-7-5-4-6-17-14-18(8-11-21(17)23)22-12-13-31-26-24(22)34-25(35-26)19-15-32-38(16-19)20-9-10-20/h8,11-16,20,23H,4-7,9-10H2,1-3H3,(H2,31,33,34,35,39)/p+1. The number of imidazole rings is 1. The maximum Gasteiger partial charge on any atom is 0.315 e. The van der Waals surface area contributed by atoms with Crippen LogP contribution in [0.2, 0.25) is 0 Å². The summed E-state index contributed by atoms with van der Waals surface area (Å²) in [5.74, 6) is 0.997. The van der Waals surface area contributed by atoms with Gasteiger partial charge in [-0.3, -0.25) is 4.79 Å². The molecule has 4 aromatic heterocycles. The molecule has 3 N–H and O–H groups in total. The quantitative estimate of drug-likeness (QED) is 0.211. The van der Waals surface area contributed by atoms with Crippen molar-refractivity contribution in [3.63, 3.8) is 0 Å². The molecule has 1 atom stereocenters. The molecule has 1 unspecified atom stereocenters. The van der Waals surface area contributed by atoms with Gasteiger partial charge in [0, 0.05) is 30.0 Å². The number of H-pyrrole nitrogens is 2. The molecule has 5 aromatic rings. The smallest absolute Gasteiger partial charge is 0.315 e. The van der Waals surface area contributed by atoms with Crippen molar-refractivity contribution in [2.75, 3.05) is 0 Å². The molecule has 2 aliphatic rings. The zero-order valence-electron chi connectivity index (χ0n) is 23.0. The summed E-state index contributed by atoms with van der Waals surface area (Å²) in [4.78, 5) is 30.2. The number of amides is 1. The maximum absolute atomic E-state index is 13.0. The largest absolute Gasteiger partial charge is 0.341 e. The van der Waals surface area contributed by atoms with Gasteiger partial charge in [0.15, 0.2) is 17.5 Å². The van der Waals surface area contributed by atoms with Gasteiger partial charge in [-0.05, 0) is 42.0 Å². The van der Waals surface area contributed by atoms with Crippen molar-refractivity contribution in [2.24, 2.45) is 0 Å². The highest BCUT2D eigenvalue weighted by atomic mass is 16.5. The van der Waals surface area contributed by atoms with Crippen molar-refractivity contribution >= 4 is 17.1 Å². The normalized spacial score (nSPS) is 17.5. The zero-order chi connectivity index (χ0) is 27.4. The summed E-state index contributed by atoms with van der Waals surface area (Å²) < 4.78 is 7.44. The lowest BCUT2D eigenvalue weighted by Gasteiger charge is -2.19. The lowest BCUT2D eigenvalue weighted by molar-refractivity contribution is -0.753. The number of nitrogens with one attached hydrogen (secondary N) is 3. The Labute approximate surface area is 231 Å². The number of aryl methyl sites for hydroxylation is 1. The van der Waals surface area contributed by atoms with Crippen LogP contribution in [-0.2, 0) is 11.8 Å². The van der Waals surface area contributed by atoms with Gasteiger partial charge in [-0.25, -0.2) is 9.97 Å². The first-order valence-corrected chi connectivity index (χ1v) is 14.1. The van der Waals surface area contributed by atoms with Crippen LogP contribution < -0.4 is 10.00 Å². The van der Waals surface area contributed by atoms with Crippen LogP contribution in [-0.4, -0.2) is 36.1 Å². The number of pyridine rings is 1. The minimum atomic E-state index is -0.335. The average molecular weight is 538 g/mol. The number of benzene rings is 1. The Bertz CT molecular complexity index is 1720. The van der Waals surface area contributed by atoms with E-state index in [0.717, 1.165) is 59.3 Å². The van der Waals surface area contributed by atoms with E-state index in [0.29, 0.717) is 17.5 Å². The van der Waals surface area contributed by atoms with Gasteiger partial charge in [-0.1, -0.05) is 50.5 Å². The van der Waals surface area contributed by atoms with Crippen LogP contribution >= 0.6 is 0 Å². The Morgan fingerprint density at radius 1 is 1.10 bits per heavy atom. The molecule has 2 aliphatic carbocycles. The molecule has 1 fully saturated rings. The van der Waals surface area contributed by atoms with Crippen LogP contribution in [0, 0.1) is 0 Å². The molecule has 10 nitrogen and oxygen atoms in total. The molecule has 10 heteroatoms. The highest BCUT2D eigenvalue weighted by molar-refractivity contribution is 5.92. The molecule has 1 saturated carbocycles. The van der Waals surface area contributed by atoms with E-state index in [4.69, 9.17) is 9.51 Å². The molecule has 204 valence electrons.